The summed E-state index contributed by atoms with van der Waals surface area (Å²) in [4.78, 5) is 21.9. The lowest BCUT2D eigenvalue weighted by Gasteiger charge is -2.43. The first-order valence-corrected chi connectivity index (χ1v) is 12.1. The van der Waals surface area contributed by atoms with Crippen molar-refractivity contribution in [1.82, 2.24) is 20.1 Å². The van der Waals surface area contributed by atoms with Gasteiger partial charge in [0.2, 0.25) is 5.91 Å². The molecule has 1 saturated heterocycles. The van der Waals surface area contributed by atoms with Crippen LogP contribution in [0, 0.1) is 24.2 Å². The van der Waals surface area contributed by atoms with Crippen molar-refractivity contribution >= 4 is 17.8 Å². The monoisotopic (exact) mass is 458 g/mol. The fourth-order valence-corrected chi connectivity index (χ4v) is 5.15. The normalized spacial score (nSPS) is 20.2. The van der Waals surface area contributed by atoms with E-state index in [0.29, 0.717) is 42.7 Å². The Morgan fingerprint density at radius 1 is 1.32 bits per heavy atom. The Morgan fingerprint density at radius 2 is 2.12 bits per heavy atom. The zero-order chi connectivity index (χ0) is 23.8. The summed E-state index contributed by atoms with van der Waals surface area (Å²) < 4.78 is 0. The second kappa shape index (κ2) is 9.15. The highest BCUT2D eigenvalue weighted by Gasteiger charge is 2.42. The number of amides is 1. The molecule has 2 aromatic rings. The molecule has 1 N–H and O–H groups in total. The average molecular weight is 459 g/mol. The van der Waals surface area contributed by atoms with Gasteiger partial charge in [-0.05, 0) is 56.2 Å². The summed E-state index contributed by atoms with van der Waals surface area (Å²) in [6, 6.07) is 4.48. The predicted octanol–water partition coefficient (Wildman–Crippen LogP) is 3.05. The molecule has 1 amide bonds. The number of hydrogen-bond donors (Lipinski definition) is 1. The molecule has 2 saturated carbocycles. The van der Waals surface area contributed by atoms with Gasteiger partial charge >= 0.3 is 0 Å². The third-order valence-electron chi connectivity index (χ3n) is 7.23. The number of piperazine rings is 1. The number of anilines is 1. The summed E-state index contributed by atoms with van der Waals surface area (Å²) in [7, 11) is 0. The van der Waals surface area contributed by atoms with Gasteiger partial charge in [-0.1, -0.05) is 6.58 Å². The highest BCUT2D eigenvalue weighted by Crippen LogP contribution is 2.47. The molecule has 3 heterocycles. The van der Waals surface area contributed by atoms with Crippen LogP contribution >= 0.6 is 0 Å². The predicted molar refractivity (Wildman–Crippen MR) is 129 cm³/mol. The highest BCUT2D eigenvalue weighted by atomic mass is 16.3. The Balaban J connectivity index is 1.54. The van der Waals surface area contributed by atoms with Crippen LogP contribution in [-0.4, -0.2) is 63.4 Å². The lowest BCUT2D eigenvalue weighted by atomic mass is 9.94. The Bertz CT molecular complexity index is 1160. The molecule has 8 nitrogen and oxygen atoms in total. The molecule has 0 aromatic carbocycles. The van der Waals surface area contributed by atoms with E-state index in [2.05, 4.69) is 27.7 Å². The Kier molecular flexibility index (Phi) is 6.05. The van der Waals surface area contributed by atoms with Crippen molar-refractivity contribution in [2.45, 2.75) is 51.0 Å². The molecule has 8 heteroatoms. The fraction of sp³-hybridized carbons (Fsp3) is 0.500. The Labute approximate surface area is 199 Å². The van der Waals surface area contributed by atoms with Gasteiger partial charge in [-0.3, -0.25) is 4.79 Å². The number of aliphatic hydroxyl groups excluding tert-OH is 1. The zero-order valence-corrected chi connectivity index (χ0v) is 19.6. The topological polar surface area (TPSA) is 106 Å². The van der Waals surface area contributed by atoms with Crippen LogP contribution in [0.4, 0.5) is 5.82 Å². The minimum Gasteiger partial charge on any atom is -0.396 e. The van der Waals surface area contributed by atoms with Gasteiger partial charge in [0.05, 0.1) is 35.8 Å². The van der Waals surface area contributed by atoms with Crippen molar-refractivity contribution in [2.24, 2.45) is 5.92 Å². The number of aliphatic hydroxyl groups is 1. The van der Waals surface area contributed by atoms with E-state index in [0.717, 1.165) is 53.9 Å². The van der Waals surface area contributed by atoms with Crippen molar-refractivity contribution in [3.63, 3.8) is 0 Å². The average Bonchev–Trinajstić information content (AvgIpc) is 3.77. The van der Waals surface area contributed by atoms with E-state index in [1.54, 1.807) is 12.3 Å². The minimum absolute atomic E-state index is 0.0147. The van der Waals surface area contributed by atoms with Crippen LogP contribution in [0.3, 0.4) is 0 Å². The van der Waals surface area contributed by atoms with Gasteiger partial charge in [0.15, 0.2) is 0 Å². The maximum atomic E-state index is 12.6. The van der Waals surface area contributed by atoms with Gasteiger partial charge in [0.1, 0.15) is 11.9 Å². The number of nitriles is 1. The number of pyridine rings is 1. The Morgan fingerprint density at radius 3 is 2.76 bits per heavy atom. The molecule has 3 fully saturated rings. The van der Waals surface area contributed by atoms with Crippen LogP contribution in [0.5, 0.6) is 0 Å². The fourth-order valence-electron chi connectivity index (χ4n) is 5.15. The molecular weight excluding hydrogens is 428 g/mol. The van der Waals surface area contributed by atoms with E-state index in [9.17, 15) is 15.2 Å². The third-order valence-corrected chi connectivity index (χ3v) is 7.23. The van der Waals surface area contributed by atoms with Crippen molar-refractivity contribution in [3.05, 3.63) is 41.4 Å². The molecule has 1 aliphatic heterocycles. The molecule has 176 valence electrons. The number of carbonyl (C=O) groups excluding carboxylic acids is 1. The first kappa shape index (κ1) is 22.5. The Hall–Kier alpha value is -3.31. The van der Waals surface area contributed by atoms with Gasteiger partial charge < -0.3 is 14.9 Å². The van der Waals surface area contributed by atoms with Crippen molar-refractivity contribution in [3.8, 4) is 17.2 Å². The van der Waals surface area contributed by atoms with Crippen LogP contribution in [0.2, 0.25) is 0 Å². The van der Waals surface area contributed by atoms with Gasteiger partial charge in [0.25, 0.3) is 0 Å². The molecule has 2 aromatic heterocycles. The van der Waals surface area contributed by atoms with Crippen LogP contribution < -0.4 is 4.90 Å². The summed E-state index contributed by atoms with van der Waals surface area (Å²) in [6.45, 7) is 7.56. The molecule has 0 spiro atoms. The molecule has 1 atom stereocenters. The quantitative estimate of drug-likeness (QED) is 0.680. The van der Waals surface area contributed by atoms with E-state index in [1.807, 2.05) is 17.9 Å². The number of aromatic nitrogens is 3. The lowest BCUT2D eigenvalue weighted by molar-refractivity contribution is -0.135. The number of carbonyl (C=O) groups is 1. The van der Waals surface area contributed by atoms with Crippen LogP contribution in [0.1, 0.15) is 60.5 Å². The minimum atomic E-state index is -0.126. The maximum absolute atomic E-state index is 12.6. The van der Waals surface area contributed by atoms with E-state index in [4.69, 9.17) is 4.98 Å². The molecule has 0 bridgehead atoms. The number of rotatable bonds is 7. The van der Waals surface area contributed by atoms with E-state index in [-0.39, 0.29) is 25.0 Å². The second-order valence-corrected chi connectivity index (χ2v) is 9.57. The molecular formula is C26H30N6O2. The maximum Gasteiger partial charge on any atom is 0.225 e. The summed E-state index contributed by atoms with van der Waals surface area (Å²) in [5, 5.41) is 27.7. The first-order chi connectivity index (χ1) is 16.5. The van der Waals surface area contributed by atoms with Gasteiger partial charge in [0, 0.05) is 43.1 Å². The lowest BCUT2D eigenvalue weighted by Crippen LogP contribution is -2.56. The summed E-state index contributed by atoms with van der Waals surface area (Å²) >= 11 is 0. The molecule has 34 heavy (non-hydrogen) atoms. The van der Waals surface area contributed by atoms with Crippen molar-refractivity contribution < 1.29 is 9.90 Å². The highest BCUT2D eigenvalue weighted by molar-refractivity contribution is 5.79. The number of hydrogen-bond acceptors (Lipinski definition) is 7. The van der Waals surface area contributed by atoms with E-state index >= 15 is 0 Å². The van der Waals surface area contributed by atoms with Crippen LogP contribution in [-0.2, 0) is 4.79 Å². The molecule has 0 radical (unpaired) electrons. The van der Waals surface area contributed by atoms with Gasteiger partial charge in [-0.25, -0.2) is 4.98 Å². The second-order valence-electron chi connectivity index (χ2n) is 9.57. The van der Waals surface area contributed by atoms with Gasteiger partial charge in [-0.15, -0.1) is 0 Å². The molecule has 3 aliphatic rings. The van der Waals surface area contributed by atoms with E-state index in [1.165, 1.54) is 0 Å². The molecule has 0 unspecified atom stereocenters. The van der Waals surface area contributed by atoms with Crippen LogP contribution in [0.25, 0.3) is 17.2 Å². The SMILES string of the molecule is C=Cc1cc(-c2c(C3CC3)nc(N3CCN(C(=O)CCO)[C@H](C4CC4)C3)c(C#N)c2C)cnn1. The first-order valence-electron chi connectivity index (χ1n) is 12.1. The molecule has 2 aliphatic carbocycles. The van der Waals surface area contributed by atoms with Gasteiger partial charge in [-0.2, -0.15) is 15.5 Å². The molecule has 5 rings (SSSR count). The van der Waals surface area contributed by atoms with E-state index < -0.39 is 0 Å². The summed E-state index contributed by atoms with van der Waals surface area (Å²) in [5.41, 5.74) is 5.11. The zero-order valence-electron chi connectivity index (χ0n) is 19.6. The largest absolute Gasteiger partial charge is 0.396 e. The standard InChI is InChI=1S/C26H30N6O2/c1-3-20-12-19(14-28-30-20)24-16(2)21(13-27)26(29-25(24)18-6-7-18)31-9-10-32(23(34)8-11-33)22(15-31)17-4-5-17/h3,12,14,17-18,22,33H,1,4-11,15H2,2H3/t22-/m0/s1. The summed E-state index contributed by atoms with van der Waals surface area (Å²) in [6.07, 6.45) is 7.98. The summed E-state index contributed by atoms with van der Waals surface area (Å²) in [5.74, 6) is 1.61. The third kappa shape index (κ3) is 4.16. The van der Waals surface area contributed by atoms with Crippen LogP contribution in [0.15, 0.2) is 18.8 Å². The van der Waals surface area contributed by atoms with Crippen molar-refractivity contribution in [1.29, 1.82) is 5.26 Å². The number of nitrogens with zero attached hydrogens (tertiary/aromatic N) is 6. The smallest absolute Gasteiger partial charge is 0.225 e. The van der Waals surface area contributed by atoms with Crippen molar-refractivity contribution in [2.75, 3.05) is 31.1 Å².